The topological polar surface area (TPSA) is 61.3 Å². The van der Waals surface area contributed by atoms with E-state index in [2.05, 4.69) is 0 Å². The minimum Gasteiger partial charge on any atom is -0.497 e. The molecule has 0 aromatic heterocycles. The van der Waals surface area contributed by atoms with E-state index in [0.717, 1.165) is 16.9 Å². The van der Waals surface area contributed by atoms with Gasteiger partial charge in [0.05, 0.1) is 18.7 Å². The van der Waals surface area contributed by atoms with Gasteiger partial charge in [0, 0.05) is 5.02 Å². The molecule has 106 valence electrons. The third kappa shape index (κ3) is 2.96. The zero-order chi connectivity index (χ0) is 14.8. The standard InChI is InChI=1S/C16H19ClN2O/c1-16(19,12-5-9-14(20-2)10-6-12)15(18)11-3-7-13(17)8-4-11/h3-10,15H,18-19H2,1-2H3. The second-order valence-electron chi connectivity index (χ2n) is 5.04. The largest absolute Gasteiger partial charge is 0.497 e. The van der Waals surface area contributed by atoms with Crippen molar-refractivity contribution < 1.29 is 4.74 Å². The zero-order valence-electron chi connectivity index (χ0n) is 11.6. The van der Waals surface area contributed by atoms with Crippen molar-refractivity contribution in [3.8, 4) is 5.75 Å². The third-order valence-electron chi connectivity index (χ3n) is 3.59. The van der Waals surface area contributed by atoms with Crippen molar-refractivity contribution in [1.82, 2.24) is 0 Å². The summed E-state index contributed by atoms with van der Waals surface area (Å²) in [6.45, 7) is 1.92. The Morgan fingerprint density at radius 1 is 1.05 bits per heavy atom. The van der Waals surface area contributed by atoms with Crippen molar-refractivity contribution in [2.45, 2.75) is 18.5 Å². The molecule has 2 atom stereocenters. The highest BCUT2D eigenvalue weighted by atomic mass is 35.5. The third-order valence-corrected chi connectivity index (χ3v) is 3.84. The highest BCUT2D eigenvalue weighted by Crippen LogP contribution is 2.32. The number of rotatable bonds is 4. The number of nitrogens with two attached hydrogens (primary N) is 2. The van der Waals surface area contributed by atoms with Crippen LogP contribution >= 0.6 is 11.6 Å². The number of halogens is 1. The number of benzene rings is 2. The maximum absolute atomic E-state index is 6.44. The lowest BCUT2D eigenvalue weighted by molar-refractivity contribution is 0.393. The molecule has 0 bridgehead atoms. The monoisotopic (exact) mass is 290 g/mol. The molecule has 3 nitrogen and oxygen atoms in total. The highest BCUT2D eigenvalue weighted by molar-refractivity contribution is 6.30. The summed E-state index contributed by atoms with van der Waals surface area (Å²) in [5.74, 6) is 0.796. The molecule has 2 unspecified atom stereocenters. The molecule has 4 N–H and O–H groups in total. The van der Waals surface area contributed by atoms with Crippen LogP contribution in [0, 0.1) is 0 Å². The van der Waals surface area contributed by atoms with Crippen molar-refractivity contribution in [2.24, 2.45) is 11.5 Å². The summed E-state index contributed by atoms with van der Waals surface area (Å²) in [5.41, 5.74) is 14.0. The first-order valence-corrected chi connectivity index (χ1v) is 6.77. The van der Waals surface area contributed by atoms with Gasteiger partial charge in [-0.1, -0.05) is 35.9 Å². The maximum Gasteiger partial charge on any atom is 0.118 e. The zero-order valence-corrected chi connectivity index (χ0v) is 12.4. The predicted octanol–water partition coefficient (Wildman–Crippen LogP) is 3.22. The van der Waals surface area contributed by atoms with E-state index in [9.17, 15) is 0 Å². The molecule has 2 aromatic rings. The second kappa shape index (κ2) is 5.83. The van der Waals surface area contributed by atoms with Gasteiger partial charge >= 0.3 is 0 Å². The van der Waals surface area contributed by atoms with Crippen LogP contribution < -0.4 is 16.2 Å². The fraction of sp³-hybridized carbons (Fsp3) is 0.250. The lowest BCUT2D eigenvalue weighted by atomic mass is 9.82. The van der Waals surface area contributed by atoms with Crippen LogP contribution in [0.3, 0.4) is 0 Å². The number of ether oxygens (including phenoxy) is 1. The Labute approximate surface area is 124 Å². The Morgan fingerprint density at radius 3 is 2.10 bits per heavy atom. The Kier molecular flexibility index (Phi) is 4.33. The van der Waals surface area contributed by atoms with Crippen LogP contribution in [0.5, 0.6) is 5.75 Å². The lowest BCUT2D eigenvalue weighted by Crippen LogP contribution is -2.44. The first-order valence-electron chi connectivity index (χ1n) is 6.39. The van der Waals surface area contributed by atoms with Gasteiger partial charge in [0.1, 0.15) is 5.75 Å². The van der Waals surface area contributed by atoms with Crippen LogP contribution in [0.4, 0.5) is 0 Å². The summed E-state index contributed by atoms with van der Waals surface area (Å²) < 4.78 is 5.15. The van der Waals surface area contributed by atoms with Crippen molar-refractivity contribution >= 4 is 11.6 Å². The second-order valence-corrected chi connectivity index (χ2v) is 5.48. The molecule has 20 heavy (non-hydrogen) atoms. The van der Waals surface area contributed by atoms with Crippen molar-refractivity contribution in [1.29, 1.82) is 0 Å². The average Bonchev–Trinajstić information content (AvgIpc) is 2.47. The number of hydrogen-bond donors (Lipinski definition) is 2. The van der Waals surface area contributed by atoms with Gasteiger partial charge in [-0.15, -0.1) is 0 Å². The molecule has 0 aliphatic carbocycles. The summed E-state index contributed by atoms with van der Waals surface area (Å²) in [7, 11) is 1.64. The summed E-state index contributed by atoms with van der Waals surface area (Å²) >= 11 is 5.90. The Hall–Kier alpha value is -1.55. The molecule has 2 aromatic carbocycles. The molecule has 2 rings (SSSR count). The molecule has 0 saturated carbocycles. The van der Waals surface area contributed by atoms with E-state index in [0.29, 0.717) is 5.02 Å². The number of hydrogen-bond acceptors (Lipinski definition) is 3. The summed E-state index contributed by atoms with van der Waals surface area (Å²) in [6.07, 6.45) is 0. The average molecular weight is 291 g/mol. The Morgan fingerprint density at radius 2 is 1.60 bits per heavy atom. The van der Waals surface area contributed by atoms with Crippen LogP contribution in [-0.4, -0.2) is 7.11 Å². The molecule has 0 saturated heterocycles. The van der Waals surface area contributed by atoms with E-state index < -0.39 is 5.54 Å². The van der Waals surface area contributed by atoms with Gasteiger partial charge in [-0.05, 0) is 42.3 Å². The quantitative estimate of drug-likeness (QED) is 0.909. The van der Waals surface area contributed by atoms with Crippen LogP contribution in [0.15, 0.2) is 48.5 Å². The molecule has 0 heterocycles. The van der Waals surface area contributed by atoms with E-state index in [1.165, 1.54) is 0 Å². The van der Waals surface area contributed by atoms with Gasteiger partial charge in [-0.25, -0.2) is 0 Å². The summed E-state index contributed by atoms with van der Waals surface area (Å²) in [5, 5.41) is 0.684. The van der Waals surface area contributed by atoms with Crippen LogP contribution in [0.1, 0.15) is 24.1 Å². The molecule has 0 aliphatic rings. The normalized spacial score (nSPS) is 15.4. The Balaban J connectivity index is 2.29. The smallest absolute Gasteiger partial charge is 0.118 e. The van der Waals surface area contributed by atoms with E-state index in [1.54, 1.807) is 7.11 Å². The summed E-state index contributed by atoms with van der Waals surface area (Å²) in [4.78, 5) is 0. The van der Waals surface area contributed by atoms with Crippen molar-refractivity contribution in [3.63, 3.8) is 0 Å². The van der Waals surface area contributed by atoms with Gasteiger partial charge in [0.25, 0.3) is 0 Å². The van der Waals surface area contributed by atoms with Crippen LogP contribution in [-0.2, 0) is 5.54 Å². The molecule has 0 radical (unpaired) electrons. The van der Waals surface area contributed by atoms with Crippen LogP contribution in [0.2, 0.25) is 5.02 Å². The predicted molar refractivity (Wildman–Crippen MR) is 82.9 cm³/mol. The van der Waals surface area contributed by atoms with Crippen molar-refractivity contribution in [2.75, 3.05) is 7.11 Å². The fourth-order valence-electron chi connectivity index (χ4n) is 2.15. The maximum atomic E-state index is 6.44. The minimum absolute atomic E-state index is 0.326. The molecule has 0 spiro atoms. The summed E-state index contributed by atoms with van der Waals surface area (Å²) in [6, 6.07) is 14.8. The number of methoxy groups -OCH3 is 1. The molecule has 0 amide bonds. The van der Waals surface area contributed by atoms with Gasteiger partial charge in [-0.3, -0.25) is 0 Å². The van der Waals surface area contributed by atoms with Crippen molar-refractivity contribution in [3.05, 3.63) is 64.7 Å². The van der Waals surface area contributed by atoms with E-state index in [1.807, 2.05) is 55.5 Å². The van der Waals surface area contributed by atoms with Gasteiger partial charge in [0.15, 0.2) is 0 Å². The first kappa shape index (κ1) is 14.9. The van der Waals surface area contributed by atoms with E-state index >= 15 is 0 Å². The molecule has 0 fully saturated rings. The first-order chi connectivity index (χ1) is 9.45. The molecule has 0 aliphatic heterocycles. The van der Waals surface area contributed by atoms with Gasteiger partial charge in [-0.2, -0.15) is 0 Å². The highest BCUT2D eigenvalue weighted by Gasteiger charge is 2.30. The SMILES string of the molecule is COc1ccc(C(C)(N)C(N)c2ccc(Cl)cc2)cc1. The molecule has 4 heteroatoms. The fourth-order valence-corrected chi connectivity index (χ4v) is 2.27. The minimum atomic E-state index is -0.680. The molecular weight excluding hydrogens is 272 g/mol. The van der Waals surface area contributed by atoms with Gasteiger partial charge < -0.3 is 16.2 Å². The van der Waals surface area contributed by atoms with Gasteiger partial charge in [0.2, 0.25) is 0 Å². The van der Waals surface area contributed by atoms with Crippen LogP contribution in [0.25, 0.3) is 0 Å². The van der Waals surface area contributed by atoms with E-state index in [-0.39, 0.29) is 6.04 Å². The van der Waals surface area contributed by atoms with E-state index in [4.69, 9.17) is 27.8 Å². The lowest BCUT2D eigenvalue weighted by Gasteiger charge is -2.32. The Bertz CT molecular complexity index is 564. The molecular formula is C16H19ClN2O.